The van der Waals surface area contributed by atoms with Crippen LogP contribution in [0.2, 0.25) is 0 Å². The Morgan fingerprint density at radius 3 is 2.18 bits per heavy atom. The van der Waals surface area contributed by atoms with Crippen LogP contribution in [0.5, 0.6) is 5.75 Å². The minimum absolute atomic E-state index is 0.0417. The molecule has 0 aromatic heterocycles. The molecule has 0 amide bonds. The summed E-state index contributed by atoms with van der Waals surface area (Å²) < 4.78 is 15.8. The van der Waals surface area contributed by atoms with E-state index in [4.69, 9.17) is 14.2 Å². The second kappa shape index (κ2) is 21.2. The van der Waals surface area contributed by atoms with Gasteiger partial charge in [-0.3, -0.25) is 14.6 Å². The lowest BCUT2D eigenvalue weighted by atomic mass is 9.88. The van der Waals surface area contributed by atoms with Gasteiger partial charge >= 0.3 is 5.97 Å². The molecule has 1 heterocycles. The van der Waals surface area contributed by atoms with E-state index < -0.39 is 0 Å². The molecule has 0 N–H and O–H groups in total. The maximum Gasteiger partial charge on any atom is 0.323 e. The predicted octanol–water partition coefficient (Wildman–Crippen LogP) is 5.82. The number of rotatable bonds is 12. The summed E-state index contributed by atoms with van der Waals surface area (Å²) in [6.45, 7) is 16.1. The van der Waals surface area contributed by atoms with Crippen molar-refractivity contribution in [1.82, 2.24) is 9.80 Å². The molecule has 1 aromatic carbocycles. The Morgan fingerprint density at radius 2 is 1.74 bits per heavy atom. The molecule has 1 fully saturated rings. The van der Waals surface area contributed by atoms with Gasteiger partial charge in [-0.25, -0.2) is 0 Å². The highest BCUT2D eigenvalue weighted by atomic mass is 32.1. The molecule has 220 valence electrons. The van der Waals surface area contributed by atoms with E-state index in [1.165, 1.54) is 5.56 Å². The molecule has 38 heavy (non-hydrogen) atoms. The smallest absolute Gasteiger partial charge is 0.323 e. The van der Waals surface area contributed by atoms with Gasteiger partial charge in [0, 0.05) is 13.0 Å². The van der Waals surface area contributed by atoms with E-state index in [1.807, 2.05) is 44.7 Å². The lowest BCUT2D eigenvalue weighted by Crippen LogP contribution is -2.45. The highest BCUT2D eigenvalue weighted by molar-refractivity contribution is 7.80. The molecule has 0 bridgehead atoms. The Bertz CT molecular complexity index is 748. The van der Waals surface area contributed by atoms with Gasteiger partial charge in [-0.1, -0.05) is 39.0 Å². The highest BCUT2D eigenvalue weighted by Crippen LogP contribution is 2.34. The molecule has 1 aliphatic heterocycles. The molecule has 2 rings (SSSR count). The third kappa shape index (κ3) is 15.1. The fourth-order valence-corrected chi connectivity index (χ4v) is 4.30. The number of piperidine rings is 1. The van der Waals surface area contributed by atoms with Gasteiger partial charge < -0.3 is 19.0 Å². The molecule has 1 aliphatic rings. The Balaban J connectivity index is 0.000000752. The van der Waals surface area contributed by atoms with Crippen LogP contribution in [0.25, 0.3) is 0 Å². The van der Waals surface area contributed by atoms with Crippen LogP contribution in [0.1, 0.15) is 85.1 Å². The van der Waals surface area contributed by atoms with Gasteiger partial charge in [-0.15, -0.1) is 0 Å². The van der Waals surface area contributed by atoms with E-state index in [0.717, 1.165) is 63.8 Å². The number of para-hydroxylation sites is 1. The quantitative estimate of drug-likeness (QED) is 0.151. The minimum Gasteiger partial charge on any atom is -0.496 e. The fraction of sp³-hybridized carbons (Fsp3) is 0.733. The van der Waals surface area contributed by atoms with Crippen LogP contribution in [0.3, 0.4) is 0 Å². The number of carbonyl (C=O) groups excluding carboxylic acids is 2. The van der Waals surface area contributed by atoms with Gasteiger partial charge in [-0.05, 0) is 90.1 Å². The minimum atomic E-state index is -0.0971. The summed E-state index contributed by atoms with van der Waals surface area (Å²) in [4.78, 5) is 26.4. The fourth-order valence-electron chi connectivity index (χ4n) is 4.04. The zero-order chi connectivity index (χ0) is 29.0. The second-order valence-corrected chi connectivity index (χ2v) is 10.6. The first kappa shape index (κ1) is 36.4. The number of ether oxygens (including phenoxy) is 3. The number of carbonyl (C=O) groups is 2. The van der Waals surface area contributed by atoms with Gasteiger partial charge in [-0.2, -0.15) is 12.6 Å². The third-order valence-corrected chi connectivity index (χ3v) is 6.74. The normalized spacial score (nSPS) is 15.0. The Kier molecular flexibility index (Phi) is 20.3. The van der Waals surface area contributed by atoms with Gasteiger partial charge in [0.1, 0.15) is 18.1 Å². The maximum absolute atomic E-state index is 12.2. The topological polar surface area (TPSA) is 68.3 Å². The second-order valence-electron chi connectivity index (χ2n) is 10.3. The van der Waals surface area contributed by atoms with Gasteiger partial charge in [0.2, 0.25) is 0 Å². The first-order chi connectivity index (χ1) is 18.1. The Morgan fingerprint density at radius 1 is 1.13 bits per heavy atom. The van der Waals surface area contributed by atoms with E-state index in [0.29, 0.717) is 24.9 Å². The zero-order valence-electron chi connectivity index (χ0n) is 25.2. The summed E-state index contributed by atoms with van der Waals surface area (Å²) in [7, 11) is 3.44. The lowest BCUT2D eigenvalue weighted by molar-refractivity contribution is -0.150. The lowest BCUT2D eigenvalue weighted by Gasteiger charge is -2.36. The number of methoxy groups -OCH3 is 2. The van der Waals surface area contributed by atoms with Gasteiger partial charge in [0.15, 0.2) is 0 Å². The van der Waals surface area contributed by atoms with Crippen LogP contribution >= 0.6 is 12.6 Å². The van der Waals surface area contributed by atoms with E-state index in [1.54, 1.807) is 14.2 Å². The SMILES string of the molecule is CCCN(CS)CC=O.CCCOC(=O)C(CC)N1CCC(c2ccccc2OC)CC1.COC(C)(C)C. The molecule has 7 nitrogen and oxygen atoms in total. The molecule has 1 unspecified atom stereocenters. The Labute approximate surface area is 238 Å². The third-order valence-electron chi connectivity index (χ3n) is 6.34. The molecule has 0 saturated carbocycles. The summed E-state index contributed by atoms with van der Waals surface area (Å²) in [6.07, 6.45) is 5.77. The van der Waals surface area contributed by atoms with Crippen molar-refractivity contribution >= 4 is 24.9 Å². The zero-order valence-corrected chi connectivity index (χ0v) is 26.1. The van der Waals surface area contributed by atoms with Crippen LogP contribution in [0.15, 0.2) is 24.3 Å². The first-order valence-corrected chi connectivity index (χ1v) is 14.6. The summed E-state index contributed by atoms with van der Waals surface area (Å²) in [5.41, 5.74) is 1.33. The molecule has 1 atom stereocenters. The van der Waals surface area contributed by atoms with E-state index >= 15 is 0 Å². The average molecular weight is 555 g/mol. The molecule has 0 spiro atoms. The Hall–Kier alpha value is -1.61. The van der Waals surface area contributed by atoms with Crippen LogP contribution in [0.4, 0.5) is 0 Å². The summed E-state index contributed by atoms with van der Waals surface area (Å²) >= 11 is 4.05. The van der Waals surface area contributed by atoms with E-state index in [-0.39, 0.29) is 17.6 Å². The van der Waals surface area contributed by atoms with Crippen LogP contribution < -0.4 is 4.74 Å². The first-order valence-electron chi connectivity index (χ1n) is 14.0. The standard InChI is InChI=1S/C19H29NO3.C6H13NOS.C5H12O/c1-4-14-23-19(21)17(5-2)20-12-10-15(11-13-20)16-8-6-7-9-18(16)22-3;1-2-3-7(6-9)4-5-8;1-5(2,3)6-4/h6-9,15,17H,4-5,10-14H2,1-3H3;5,9H,2-4,6H2,1H3;1-4H3. The van der Waals surface area contributed by atoms with Crippen molar-refractivity contribution in [3.05, 3.63) is 29.8 Å². The number of thiol groups is 1. The number of nitrogens with zero attached hydrogens (tertiary/aromatic N) is 2. The summed E-state index contributed by atoms with van der Waals surface area (Å²) in [5.74, 6) is 2.09. The largest absolute Gasteiger partial charge is 0.496 e. The van der Waals surface area contributed by atoms with Crippen molar-refractivity contribution in [3.63, 3.8) is 0 Å². The molecule has 1 saturated heterocycles. The van der Waals surface area contributed by atoms with Crippen molar-refractivity contribution in [2.75, 3.05) is 52.9 Å². The van der Waals surface area contributed by atoms with Crippen LogP contribution in [0, 0.1) is 0 Å². The molecule has 0 aliphatic carbocycles. The van der Waals surface area contributed by atoms with Crippen molar-refractivity contribution in [1.29, 1.82) is 0 Å². The van der Waals surface area contributed by atoms with Gasteiger partial charge in [0.05, 0.1) is 25.9 Å². The number of hydrogen-bond acceptors (Lipinski definition) is 8. The molecular formula is C30H54N2O5S. The molecule has 1 aromatic rings. The number of aldehydes is 1. The maximum atomic E-state index is 12.2. The number of esters is 1. The van der Waals surface area contributed by atoms with Crippen LogP contribution in [-0.4, -0.2) is 86.6 Å². The molecule has 8 heteroatoms. The monoisotopic (exact) mass is 554 g/mol. The summed E-state index contributed by atoms with van der Waals surface area (Å²) in [5, 5.41) is 0. The molecule has 0 radical (unpaired) electrons. The number of benzene rings is 1. The van der Waals surface area contributed by atoms with Crippen molar-refractivity contribution in [3.8, 4) is 5.75 Å². The predicted molar refractivity (Wildman–Crippen MR) is 160 cm³/mol. The summed E-state index contributed by atoms with van der Waals surface area (Å²) in [6, 6.07) is 8.17. The van der Waals surface area contributed by atoms with E-state index in [2.05, 4.69) is 43.5 Å². The highest BCUT2D eigenvalue weighted by Gasteiger charge is 2.30. The molecular weight excluding hydrogens is 500 g/mol. The average Bonchev–Trinajstić information content (AvgIpc) is 2.92. The number of likely N-dealkylation sites (tertiary alicyclic amines) is 1. The number of hydrogen-bond donors (Lipinski definition) is 1. The van der Waals surface area contributed by atoms with Crippen molar-refractivity contribution < 1.29 is 23.8 Å². The van der Waals surface area contributed by atoms with Crippen LogP contribution in [-0.2, 0) is 19.1 Å². The van der Waals surface area contributed by atoms with Gasteiger partial charge in [0.25, 0.3) is 0 Å². The van der Waals surface area contributed by atoms with Crippen molar-refractivity contribution in [2.24, 2.45) is 0 Å². The van der Waals surface area contributed by atoms with Crippen molar-refractivity contribution in [2.45, 2.75) is 91.2 Å². The van der Waals surface area contributed by atoms with E-state index in [9.17, 15) is 9.59 Å².